The molecular formula is C17H25N5O2. The van der Waals surface area contributed by atoms with E-state index in [-0.39, 0.29) is 5.91 Å². The van der Waals surface area contributed by atoms with Crippen LogP contribution in [-0.2, 0) is 26.1 Å². The highest BCUT2D eigenvalue weighted by molar-refractivity contribution is 5.92. The first kappa shape index (κ1) is 16.7. The first-order chi connectivity index (χ1) is 11.5. The Labute approximate surface area is 142 Å². The normalized spacial score (nSPS) is 15.3. The van der Waals surface area contributed by atoms with Gasteiger partial charge in [-0.1, -0.05) is 19.0 Å². The Morgan fingerprint density at radius 1 is 1.38 bits per heavy atom. The smallest absolute Gasteiger partial charge is 0.272 e. The van der Waals surface area contributed by atoms with E-state index in [2.05, 4.69) is 41.4 Å². The summed E-state index contributed by atoms with van der Waals surface area (Å²) >= 11 is 0. The molecule has 1 aliphatic heterocycles. The maximum absolute atomic E-state index is 12.3. The van der Waals surface area contributed by atoms with Crippen LogP contribution in [-0.4, -0.2) is 39.3 Å². The van der Waals surface area contributed by atoms with Gasteiger partial charge in [0, 0.05) is 32.1 Å². The molecule has 0 saturated carbocycles. The van der Waals surface area contributed by atoms with Gasteiger partial charge in [-0.05, 0) is 25.5 Å². The molecule has 0 spiro atoms. The Morgan fingerprint density at radius 3 is 3.00 bits per heavy atom. The maximum Gasteiger partial charge on any atom is 0.272 e. The Kier molecular flexibility index (Phi) is 4.99. The van der Waals surface area contributed by atoms with Crippen LogP contribution in [0, 0.1) is 5.92 Å². The summed E-state index contributed by atoms with van der Waals surface area (Å²) < 4.78 is 7.22. The third kappa shape index (κ3) is 4.03. The van der Waals surface area contributed by atoms with E-state index in [0.717, 1.165) is 49.6 Å². The van der Waals surface area contributed by atoms with Crippen LogP contribution in [0.5, 0.6) is 0 Å². The standard InChI is InChI=1S/C17H25N5O2/c1-12(2)7-15-8-13(20-24-15)10-18-17(23)16-9-14-11-21(3)5-4-6-22(14)19-16/h8-9,12H,4-7,10-11H2,1-3H3,(H,18,23). The predicted octanol–water partition coefficient (Wildman–Crippen LogP) is 1.84. The summed E-state index contributed by atoms with van der Waals surface area (Å²) in [6.45, 7) is 7.34. The van der Waals surface area contributed by atoms with E-state index in [9.17, 15) is 4.79 Å². The first-order valence-electron chi connectivity index (χ1n) is 8.49. The number of nitrogens with zero attached hydrogens (tertiary/aromatic N) is 4. The van der Waals surface area contributed by atoms with Crippen molar-refractivity contribution in [2.75, 3.05) is 13.6 Å². The number of carbonyl (C=O) groups excluding carboxylic acids is 1. The van der Waals surface area contributed by atoms with Crippen molar-refractivity contribution in [2.24, 2.45) is 5.92 Å². The van der Waals surface area contributed by atoms with Gasteiger partial charge in [-0.2, -0.15) is 5.10 Å². The molecule has 7 heteroatoms. The van der Waals surface area contributed by atoms with Gasteiger partial charge in [-0.15, -0.1) is 0 Å². The van der Waals surface area contributed by atoms with E-state index in [1.165, 1.54) is 0 Å². The fourth-order valence-electron chi connectivity index (χ4n) is 2.93. The average molecular weight is 331 g/mol. The molecule has 2 aromatic heterocycles. The quantitative estimate of drug-likeness (QED) is 0.904. The van der Waals surface area contributed by atoms with Crippen molar-refractivity contribution in [3.05, 3.63) is 35.0 Å². The number of aromatic nitrogens is 3. The lowest BCUT2D eigenvalue weighted by Gasteiger charge is -2.10. The van der Waals surface area contributed by atoms with Crippen molar-refractivity contribution >= 4 is 5.91 Å². The Morgan fingerprint density at radius 2 is 2.21 bits per heavy atom. The van der Waals surface area contributed by atoms with Gasteiger partial charge in [-0.25, -0.2) is 0 Å². The number of hydrogen-bond acceptors (Lipinski definition) is 5. The van der Waals surface area contributed by atoms with Crippen molar-refractivity contribution in [1.29, 1.82) is 0 Å². The van der Waals surface area contributed by atoms with Gasteiger partial charge in [0.25, 0.3) is 5.91 Å². The Balaban J connectivity index is 1.59. The van der Waals surface area contributed by atoms with Crippen molar-refractivity contribution in [1.82, 2.24) is 25.2 Å². The molecule has 2 aromatic rings. The lowest BCUT2D eigenvalue weighted by atomic mass is 10.1. The molecular weight excluding hydrogens is 306 g/mol. The topological polar surface area (TPSA) is 76.2 Å². The minimum atomic E-state index is -0.174. The molecule has 0 fully saturated rings. The molecule has 1 amide bonds. The molecule has 0 bridgehead atoms. The Hall–Kier alpha value is -2.15. The molecule has 0 saturated heterocycles. The zero-order chi connectivity index (χ0) is 17.1. The minimum Gasteiger partial charge on any atom is -0.361 e. The van der Waals surface area contributed by atoms with Gasteiger partial charge in [0.1, 0.15) is 11.5 Å². The highest BCUT2D eigenvalue weighted by Gasteiger charge is 2.18. The average Bonchev–Trinajstić information content (AvgIpc) is 3.08. The van der Waals surface area contributed by atoms with Crippen LogP contribution >= 0.6 is 0 Å². The van der Waals surface area contributed by atoms with E-state index in [4.69, 9.17) is 4.52 Å². The predicted molar refractivity (Wildman–Crippen MR) is 89.4 cm³/mol. The lowest BCUT2D eigenvalue weighted by Crippen LogP contribution is -2.23. The summed E-state index contributed by atoms with van der Waals surface area (Å²) in [5.41, 5.74) is 2.28. The van der Waals surface area contributed by atoms with Crippen molar-refractivity contribution in [2.45, 2.75) is 46.3 Å². The summed E-state index contributed by atoms with van der Waals surface area (Å²) in [4.78, 5) is 14.6. The second-order valence-electron chi connectivity index (χ2n) is 6.90. The van der Waals surface area contributed by atoms with Crippen LogP contribution in [0.3, 0.4) is 0 Å². The number of rotatable bonds is 5. The third-order valence-electron chi connectivity index (χ3n) is 4.08. The number of carbonyl (C=O) groups is 1. The number of fused-ring (bicyclic) bond motifs is 1. The molecule has 130 valence electrons. The fraction of sp³-hybridized carbons (Fsp3) is 0.588. The minimum absolute atomic E-state index is 0.174. The van der Waals surface area contributed by atoms with Gasteiger partial charge in [0.05, 0.1) is 12.2 Å². The SMILES string of the molecule is CC(C)Cc1cc(CNC(=O)c2cc3n(n2)CCCN(C)C3)no1. The second kappa shape index (κ2) is 7.17. The molecule has 1 N–H and O–H groups in total. The monoisotopic (exact) mass is 331 g/mol. The number of nitrogens with one attached hydrogen (secondary N) is 1. The van der Waals surface area contributed by atoms with Crippen LogP contribution in [0.15, 0.2) is 16.7 Å². The van der Waals surface area contributed by atoms with Crippen LogP contribution in [0.4, 0.5) is 0 Å². The first-order valence-corrected chi connectivity index (χ1v) is 8.49. The number of amides is 1. The van der Waals surface area contributed by atoms with Crippen LogP contribution in [0.1, 0.15) is 47.9 Å². The summed E-state index contributed by atoms with van der Waals surface area (Å²) in [6.07, 6.45) is 1.89. The molecule has 3 rings (SSSR count). The lowest BCUT2D eigenvalue weighted by molar-refractivity contribution is 0.0944. The molecule has 0 radical (unpaired) electrons. The van der Waals surface area contributed by atoms with Gasteiger partial charge >= 0.3 is 0 Å². The summed E-state index contributed by atoms with van der Waals surface area (Å²) in [5, 5.41) is 11.3. The van der Waals surface area contributed by atoms with Crippen molar-refractivity contribution < 1.29 is 9.32 Å². The molecule has 24 heavy (non-hydrogen) atoms. The van der Waals surface area contributed by atoms with E-state index < -0.39 is 0 Å². The molecule has 0 aliphatic carbocycles. The van der Waals surface area contributed by atoms with E-state index in [1.54, 1.807) is 0 Å². The van der Waals surface area contributed by atoms with Gasteiger partial charge in [-0.3, -0.25) is 9.48 Å². The number of hydrogen-bond donors (Lipinski definition) is 1. The number of aryl methyl sites for hydroxylation is 1. The highest BCUT2D eigenvalue weighted by atomic mass is 16.5. The third-order valence-corrected chi connectivity index (χ3v) is 4.08. The van der Waals surface area contributed by atoms with Crippen molar-refractivity contribution in [3.8, 4) is 0 Å². The van der Waals surface area contributed by atoms with E-state index in [0.29, 0.717) is 18.2 Å². The fourth-order valence-corrected chi connectivity index (χ4v) is 2.93. The maximum atomic E-state index is 12.3. The van der Waals surface area contributed by atoms with Crippen molar-refractivity contribution in [3.63, 3.8) is 0 Å². The molecule has 0 atom stereocenters. The Bertz CT molecular complexity index is 704. The van der Waals surface area contributed by atoms with Crippen LogP contribution in [0.2, 0.25) is 0 Å². The van der Waals surface area contributed by atoms with Crippen LogP contribution < -0.4 is 5.32 Å². The molecule has 1 aliphatic rings. The molecule has 0 aromatic carbocycles. The highest BCUT2D eigenvalue weighted by Crippen LogP contribution is 2.13. The second-order valence-corrected chi connectivity index (χ2v) is 6.90. The zero-order valence-electron chi connectivity index (χ0n) is 14.6. The van der Waals surface area contributed by atoms with Gasteiger partial charge in [0.15, 0.2) is 5.69 Å². The summed E-state index contributed by atoms with van der Waals surface area (Å²) in [6, 6.07) is 3.78. The molecule has 7 nitrogen and oxygen atoms in total. The van der Waals surface area contributed by atoms with Crippen LogP contribution in [0.25, 0.3) is 0 Å². The molecule has 3 heterocycles. The van der Waals surface area contributed by atoms with E-state index >= 15 is 0 Å². The summed E-state index contributed by atoms with van der Waals surface area (Å²) in [5.74, 6) is 1.19. The van der Waals surface area contributed by atoms with Gasteiger partial charge in [0.2, 0.25) is 0 Å². The molecule has 0 unspecified atom stereocenters. The van der Waals surface area contributed by atoms with E-state index in [1.807, 2.05) is 16.8 Å². The zero-order valence-corrected chi connectivity index (χ0v) is 14.6. The largest absolute Gasteiger partial charge is 0.361 e. The summed E-state index contributed by atoms with van der Waals surface area (Å²) in [7, 11) is 2.09. The van der Waals surface area contributed by atoms with Gasteiger partial charge < -0.3 is 14.7 Å².